The zero-order valence-corrected chi connectivity index (χ0v) is 12.3. The fraction of sp³-hybridized carbons (Fsp3) is 0.286. The maximum absolute atomic E-state index is 13.3. The first kappa shape index (κ1) is 13.4. The number of hydrogen-bond donors (Lipinski definition) is 1. The van der Waals surface area contributed by atoms with E-state index in [9.17, 15) is 8.78 Å². The second kappa shape index (κ2) is 5.09. The van der Waals surface area contributed by atoms with Crippen LogP contribution < -0.4 is 5.32 Å². The Labute approximate surface area is 123 Å². The number of aromatic nitrogens is 2. The zero-order valence-electron chi connectivity index (χ0n) is 10.8. The molecule has 1 aliphatic rings. The molecular formula is C14H12BrF2N3. The van der Waals surface area contributed by atoms with Crippen molar-refractivity contribution in [1.29, 1.82) is 0 Å². The van der Waals surface area contributed by atoms with Gasteiger partial charge in [-0.1, -0.05) is 0 Å². The molecule has 20 heavy (non-hydrogen) atoms. The molecule has 1 aromatic carbocycles. The average Bonchev–Trinajstić information content (AvgIpc) is 3.27. The maximum Gasteiger partial charge on any atom is 0.161 e. The molecule has 6 heteroatoms. The van der Waals surface area contributed by atoms with E-state index in [0.717, 1.165) is 35.1 Å². The van der Waals surface area contributed by atoms with Crippen molar-refractivity contribution < 1.29 is 8.78 Å². The molecule has 1 heterocycles. The lowest BCUT2D eigenvalue weighted by atomic mass is 10.2. The van der Waals surface area contributed by atoms with Gasteiger partial charge in [0.2, 0.25) is 0 Å². The molecule has 0 aliphatic heterocycles. The summed E-state index contributed by atoms with van der Waals surface area (Å²) in [5.74, 6) is -0.293. The van der Waals surface area contributed by atoms with E-state index in [-0.39, 0.29) is 0 Å². The summed E-state index contributed by atoms with van der Waals surface area (Å²) in [6.45, 7) is 0. The van der Waals surface area contributed by atoms with Crippen molar-refractivity contribution in [1.82, 2.24) is 9.97 Å². The predicted octanol–water partition coefficient (Wildman–Crippen LogP) is 4.10. The molecule has 104 valence electrons. The van der Waals surface area contributed by atoms with Crippen LogP contribution in [0, 0.1) is 11.6 Å². The number of rotatable bonds is 3. The van der Waals surface area contributed by atoms with Crippen molar-refractivity contribution in [3.8, 4) is 11.4 Å². The highest BCUT2D eigenvalue weighted by Gasteiger charge is 2.29. The topological polar surface area (TPSA) is 37.8 Å². The lowest BCUT2D eigenvalue weighted by molar-refractivity contribution is 0.509. The van der Waals surface area contributed by atoms with Crippen LogP contribution in [0.2, 0.25) is 0 Å². The molecule has 1 saturated carbocycles. The summed E-state index contributed by atoms with van der Waals surface area (Å²) in [6.07, 6.45) is 2.19. The largest absolute Gasteiger partial charge is 0.372 e. The lowest BCUT2D eigenvalue weighted by Gasteiger charge is -2.11. The van der Waals surface area contributed by atoms with Gasteiger partial charge in [-0.2, -0.15) is 0 Å². The SMILES string of the molecule is CNc1nc(-c2ccc(F)c(F)c2)nc(C2CC2)c1Br. The molecular weight excluding hydrogens is 328 g/mol. The van der Waals surface area contributed by atoms with Crippen molar-refractivity contribution in [3.63, 3.8) is 0 Å². The Morgan fingerprint density at radius 1 is 1.20 bits per heavy atom. The summed E-state index contributed by atoms with van der Waals surface area (Å²) >= 11 is 3.49. The average molecular weight is 340 g/mol. The van der Waals surface area contributed by atoms with Gasteiger partial charge in [-0.15, -0.1) is 0 Å². The second-order valence-corrected chi connectivity index (χ2v) is 5.54. The Balaban J connectivity index is 2.12. The molecule has 0 amide bonds. The third kappa shape index (κ3) is 2.40. The molecule has 0 radical (unpaired) electrons. The Kier molecular flexibility index (Phi) is 3.41. The van der Waals surface area contributed by atoms with Crippen molar-refractivity contribution in [2.75, 3.05) is 12.4 Å². The van der Waals surface area contributed by atoms with E-state index >= 15 is 0 Å². The molecule has 0 unspecified atom stereocenters. The second-order valence-electron chi connectivity index (χ2n) is 4.75. The van der Waals surface area contributed by atoms with Crippen molar-refractivity contribution in [2.24, 2.45) is 0 Å². The van der Waals surface area contributed by atoms with Crippen LogP contribution in [0.1, 0.15) is 24.5 Å². The van der Waals surface area contributed by atoms with Crippen LogP contribution in [0.3, 0.4) is 0 Å². The zero-order chi connectivity index (χ0) is 14.3. The van der Waals surface area contributed by atoms with Gasteiger partial charge in [0.15, 0.2) is 17.5 Å². The molecule has 0 atom stereocenters. The quantitative estimate of drug-likeness (QED) is 0.914. The molecule has 1 aliphatic carbocycles. The first-order chi connectivity index (χ1) is 9.60. The molecule has 0 saturated heterocycles. The summed E-state index contributed by atoms with van der Waals surface area (Å²) < 4.78 is 27.2. The van der Waals surface area contributed by atoms with Crippen molar-refractivity contribution in [2.45, 2.75) is 18.8 Å². The third-order valence-corrected chi connectivity index (χ3v) is 4.04. The number of halogens is 3. The van der Waals surface area contributed by atoms with Gasteiger partial charge in [0.05, 0.1) is 10.2 Å². The Morgan fingerprint density at radius 2 is 1.95 bits per heavy atom. The van der Waals surface area contributed by atoms with E-state index in [1.54, 1.807) is 7.05 Å². The van der Waals surface area contributed by atoms with Gasteiger partial charge in [0.25, 0.3) is 0 Å². The van der Waals surface area contributed by atoms with Crippen LogP contribution in [-0.4, -0.2) is 17.0 Å². The monoisotopic (exact) mass is 339 g/mol. The molecule has 1 aromatic heterocycles. The van der Waals surface area contributed by atoms with Crippen LogP contribution in [0.5, 0.6) is 0 Å². The van der Waals surface area contributed by atoms with Gasteiger partial charge in [-0.3, -0.25) is 0 Å². The summed E-state index contributed by atoms with van der Waals surface area (Å²) in [6, 6.07) is 3.69. The minimum atomic E-state index is -0.895. The summed E-state index contributed by atoms with van der Waals surface area (Å²) in [4.78, 5) is 8.84. The molecule has 2 aromatic rings. The molecule has 1 fully saturated rings. The number of benzene rings is 1. The molecule has 0 bridgehead atoms. The minimum absolute atomic E-state index is 0.401. The van der Waals surface area contributed by atoms with Crippen LogP contribution in [-0.2, 0) is 0 Å². The van der Waals surface area contributed by atoms with E-state index in [0.29, 0.717) is 23.1 Å². The van der Waals surface area contributed by atoms with Gasteiger partial charge in [-0.05, 0) is 47.0 Å². The Hall–Kier alpha value is -1.56. The van der Waals surface area contributed by atoms with E-state index in [1.807, 2.05) is 0 Å². The van der Waals surface area contributed by atoms with Crippen LogP contribution >= 0.6 is 15.9 Å². The van der Waals surface area contributed by atoms with Gasteiger partial charge >= 0.3 is 0 Å². The van der Waals surface area contributed by atoms with Gasteiger partial charge in [-0.25, -0.2) is 18.7 Å². The standard InChI is InChI=1S/C14H12BrF2N3/c1-18-14-11(15)12(7-2-3-7)19-13(20-14)8-4-5-9(16)10(17)6-8/h4-7H,2-3H2,1H3,(H,18,19,20). The van der Waals surface area contributed by atoms with E-state index < -0.39 is 11.6 Å². The van der Waals surface area contributed by atoms with E-state index in [2.05, 4.69) is 31.2 Å². The highest BCUT2D eigenvalue weighted by Crippen LogP contribution is 2.44. The van der Waals surface area contributed by atoms with Gasteiger partial charge in [0.1, 0.15) is 5.82 Å². The highest BCUT2D eigenvalue weighted by molar-refractivity contribution is 9.10. The highest BCUT2D eigenvalue weighted by atomic mass is 79.9. The Morgan fingerprint density at radius 3 is 2.55 bits per heavy atom. The Bertz CT molecular complexity index is 672. The first-order valence-electron chi connectivity index (χ1n) is 6.30. The third-order valence-electron chi connectivity index (χ3n) is 3.26. The molecule has 3 rings (SSSR count). The maximum atomic E-state index is 13.3. The smallest absolute Gasteiger partial charge is 0.161 e. The summed E-state index contributed by atoms with van der Waals surface area (Å²) in [5, 5.41) is 2.99. The van der Waals surface area contributed by atoms with Gasteiger partial charge < -0.3 is 5.32 Å². The van der Waals surface area contributed by atoms with Crippen molar-refractivity contribution >= 4 is 21.7 Å². The van der Waals surface area contributed by atoms with Crippen LogP contribution in [0.4, 0.5) is 14.6 Å². The number of nitrogens with zero attached hydrogens (tertiary/aromatic N) is 2. The van der Waals surface area contributed by atoms with E-state index in [4.69, 9.17) is 0 Å². The number of nitrogens with one attached hydrogen (secondary N) is 1. The minimum Gasteiger partial charge on any atom is -0.372 e. The normalized spacial score (nSPS) is 14.4. The predicted molar refractivity (Wildman–Crippen MR) is 76.6 cm³/mol. The lowest BCUT2D eigenvalue weighted by Crippen LogP contribution is -2.03. The molecule has 0 spiro atoms. The molecule has 1 N–H and O–H groups in total. The van der Waals surface area contributed by atoms with Crippen molar-refractivity contribution in [3.05, 3.63) is 40.0 Å². The first-order valence-corrected chi connectivity index (χ1v) is 7.10. The summed E-state index contributed by atoms with van der Waals surface area (Å²) in [7, 11) is 1.76. The fourth-order valence-corrected chi connectivity index (χ4v) is 2.72. The van der Waals surface area contributed by atoms with E-state index in [1.165, 1.54) is 6.07 Å². The fourth-order valence-electron chi connectivity index (χ4n) is 2.02. The van der Waals surface area contributed by atoms with Gasteiger partial charge in [0, 0.05) is 18.5 Å². The summed E-state index contributed by atoms with van der Waals surface area (Å²) in [5.41, 5.74) is 1.39. The van der Waals surface area contributed by atoms with Crippen LogP contribution in [0.15, 0.2) is 22.7 Å². The number of anilines is 1. The molecule has 3 nitrogen and oxygen atoms in total. The number of hydrogen-bond acceptors (Lipinski definition) is 3. The van der Waals surface area contributed by atoms with Crippen LogP contribution in [0.25, 0.3) is 11.4 Å².